The molecule has 0 bridgehead atoms. The number of ketones is 1. The van der Waals surface area contributed by atoms with Gasteiger partial charge in [0.1, 0.15) is 0 Å². The SMILES string of the molecule is CC(C)C(=O)C1=C(O)C(=O)N(c2ccc3c(c2)OCO3)C1c1ccncc1. The highest BCUT2D eigenvalue weighted by Crippen LogP contribution is 2.44. The second kappa shape index (κ2) is 6.42. The van der Waals surface area contributed by atoms with Gasteiger partial charge >= 0.3 is 0 Å². The summed E-state index contributed by atoms with van der Waals surface area (Å²) in [6.07, 6.45) is 3.18. The number of carbonyl (C=O) groups excluding carboxylic acids is 2. The Morgan fingerprint density at radius 2 is 1.89 bits per heavy atom. The summed E-state index contributed by atoms with van der Waals surface area (Å²) in [7, 11) is 0. The van der Waals surface area contributed by atoms with Crippen molar-refractivity contribution in [1.82, 2.24) is 4.98 Å². The molecule has 3 heterocycles. The molecule has 2 aromatic rings. The lowest BCUT2D eigenvalue weighted by atomic mass is 9.91. The number of hydrogen-bond acceptors (Lipinski definition) is 6. The lowest BCUT2D eigenvalue weighted by Crippen LogP contribution is -2.31. The predicted molar refractivity (Wildman–Crippen MR) is 96.5 cm³/mol. The number of amides is 1. The molecule has 2 aliphatic heterocycles. The third-order valence-electron chi connectivity index (χ3n) is 4.65. The van der Waals surface area contributed by atoms with Crippen LogP contribution in [0.25, 0.3) is 0 Å². The second-order valence-corrected chi connectivity index (χ2v) is 6.68. The van der Waals surface area contributed by atoms with Crippen LogP contribution < -0.4 is 14.4 Å². The minimum absolute atomic E-state index is 0.0962. The van der Waals surface area contributed by atoms with Gasteiger partial charge in [-0.25, -0.2) is 0 Å². The zero-order valence-corrected chi connectivity index (χ0v) is 14.9. The molecule has 4 rings (SSSR count). The van der Waals surface area contributed by atoms with Gasteiger partial charge in [-0.15, -0.1) is 0 Å². The van der Waals surface area contributed by atoms with E-state index in [4.69, 9.17) is 9.47 Å². The minimum Gasteiger partial charge on any atom is -0.503 e. The third kappa shape index (κ3) is 2.71. The van der Waals surface area contributed by atoms with Gasteiger partial charge in [-0.3, -0.25) is 19.5 Å². The lowest BCUT2D eigenvalue weighted by Gasteiger charge is -2.27. The van der Waals surface area contributed by atoms with E-state index in [1.165, 1.54) is 4.90 Å². The van der Waals surface area contributed by atoms with E-state index in [0.717, 1.165) is 0 Å². The number of pyridine rings is 1. The number of carbonyl (C=O) groups is 2. The fourth-order valence-corrected chi connectivity index (χ4v) is 3.33. The van der Waals surface area contributed by atoms with Crippen LogP contribution in [0.5, 0.6) is 11.5 Å². The van der Waals surface area contributed by atoms with Crippen molar-refractivity contribution in [3.05, 3.63) is 59.6 Å². The van der Waals surface area contributed by atoms with Crippen molar-refractivity contribution in [2.75, 3.05) is 11.7 Å². The number of hydrogen-bond donors (Lipinski definition) is 1. The molecule has 0 saturated heterocycles. The van der Waals surface area contributed by atoms with Gasteiger partial charge in [-0.05, 0) is 29.8 Å². The maximum Gasteiger partial charge on any atom is 0.294 e. The number of aliphatic hydroxyl groups excluding tert-OH is 1. The second-order valence-electron chi connectivity index (χ2n) is 6.68. The summed E-state index contributed by atoms with van der Waals surface area (Å²) in [5.41, 5.74) is 1.28. The van der Waals surface area contributed by atoms with Crippen LogP contribution in [0, 0.1) is 5.92 Å². The Hall–Kier alpha value is -3.35. The Kier molecular flexibility index (Phi) is 4.07. The summed E-state index contributed by atoms with van der Waals surface area (Å²) in [6.45, 7) is 3.58. The van der Waals surface area contributed by atoms with Crippen LogP contribution in [0.1, 0.15) is 25.5 Å². The van der Waals surface area contributed by atoms with Crippen molar-refractivity contribution in [1.29, 1.82) is 0 Å². The molecule has 1 aromatic carbocycles. The Balaban J connectivity index is 1.86. The molecule has 0 spiro atoms. The summed E-state index contributed by atoms with van der Waals surface area (Å²) in [5, 5.41) is 10.5. The van der Waals surface area contributed by atoms with Crippen LogP contribution in [0.2, 0.25) is 0 Å². The van der Waals surface area contributed by atoms with Gasteiger partial charge in [-0.1, -0.05) is 13.8 Å². The summed E-state index contributed by atoms with van der Waals surface area (Å²) in [6, 6.07) is 7.79. The quantitative estimate of drug-likeness (QED) is 0.895. The van der Waals surface area contributed by atoms with Crippen molar-refractivity contribution in [2.45, 2.75) is 19.9 Å². The van der Waals surface area contributed by atoms with Crippen molar-refractivity contribution in [2.24, 2.45) is 5.92 Å². The van der Waals surface area contributed by atoms with E-state index in [0.29, 0.717) is 22.7 Å². The number of rotatable bonds is 4. The average Bonchev–Trinajstić information content (AvgIpc) is 3.24. The number of aliphatic hydroxyl groups is 1. The van der Waals surface area contributed by atoms with E-state index in [9.17, 15) is 14.7 Å². The van der Waals surface area contributed by atoms with Crippen LogP contribution >= 0.6 is 0 Å². The Bertz CT molecular complexity index is 952. The molecule has 7 nitrogen and oxygen atoms in total. The van der Waals surface area contributed by atoms with E-state index in [2.05, 4.69) is 4.98 Å². The molecule has 1 amide bonds. The van der Waals surface area contributed by atoms with Crippen LogP contribution in [-0.4, -0.2) is 28.6 Å². The van der Waals surface area contributed by atoms with Gasteiger partial charge < -0.3 is 14.6 Å². The van der Waals surface area contributed by atoms with Gasteiger partial charge in [0.15, 0.2) is 23.0 Å². The summed E-state index contributed by atoms with van der Waals surface area (Å²) in [5.74, 6) is -0.687. The Morgan fingerprint density at radius 3 is 2.59 bits per heavy atom. The van der Waals surface area contributed by atoms with Crippen LogP contribution in [0.4, 0.5) is 5.69 Å². The fourth-order valence-electron chi connectivity index (χ4n) is 3.33. The largest absolute Gasteiger partial charge is 0.503 e. The third-order valence-corrected chi connectivity index (χ3v) is 4.65. The van der Waals surface area contributed by atoms with Crippen molar-refractivity contribution < 1.29 is 24.2 Å². The zero-order valence-electron chi connectivity index (χ0n) is 14.9. The molecule has 1 aromatic heterocycles. The van der Waals surface area contributed by atoms with E-state index in [1.54, 1.807) is 56.6 Å². The first-order valence-electron chi connectivity index (χ1n) is 8.59. The van der Waals surface area contributed by atoms with Gasteiger partial charge in [0.05, 0.1) is 11.6 Å². The molecule has 2 aliphatic rings. The Morgan fingerprint density at radius 1 is 1.19 bits per heavy atom. The normalized spacial score (nSPS) is 18.6. The van der Waals surface area contributed by atoms with E-state index < -0.39 is 17.7 Å². The Labute approximate surface area is 155 Å². The molecule has 7 heteroatoms. The van der Waals surface area contributed by atoms with E-state index in [1.807, 2.05) is 0 Å². The molecule has 27 heavy (non-hydrogen) atoms. The zero-order chi connectivity index (χ0) is 19.1. The molecule has 1 atom stereocenters. The van der Waals surface area contributed by atoms with E-state index >= 15 is 0 Å². The first kappa shape index (κ1) is 17.1. The summed E-state index contributed by atoms with van der Waals surface area (Å²) in [4.78, 5) is 31.1. The number of benzene rings is 1. The standard InChI is InChI=1S/C20H18N2O5/c1-11(2)18(23)16-17(12-5-7-21-8-6-12)22(20(25)19(16)24)13-3-4-14-15(9-13)27-10-26-14/h3-9,11,17,24H,10H2,1-2H3. The highest BCUT2D eigenvalue weighted by atomic mass is 16.7. The number of ether oxygens (including phenoxy) is 2. The van der Waals surface area contributed by atoms with Crippen LogP contribution in [-0.2, 0) is 9.59 Å². The summed E-state index contributed by atoms with van der Waals surface area (Å²) < 4.78 is 10.7. The first-order chi connectivity index (χ1) is 13.0. The topological polar surface area (TPSA) is 89.0 Å². The fraction of sp³-hybridized carbons (Fsp3) is 0.250. The summed E-state index contributed by atoms with van der Waals surface area (Å²) >= 11 is 0. The molecule has 0 radical (unpaired) electrons. The molecular weight excluding hydrogens is 348 g/mol. The first-order valence-corrected chi connectivity index (χ1v) is 8.59. The number of nitrogens with zero attached hydrogens (tertiary/aromatic N) is 2. The molecule has 0 aliphatic carbocycles. The minimum atomic E-state index is -0.740. The molecule has 1 unspecified atom stereocenters. The van der Waals surface area contributed by atoms with Crippen molar-refractivity contribution >= 4 is 17.4 Å². The van der Waals surface area contributed by atoms with Gasteiger partial charge in [0, 0.05) is 30.1 Å². The average molecular weight is 366 g/mol. The molecular formula is C20H18N2O5. The monoisotopic (exact) mass is 366 g/mol. The number of aromatic nitrogens is 1. The van der Waals surface area contributed by atoms with Gasteiger partial charge in [0.25, 0.3) is 5.91 Å². The highest BCUT2D eigenvalue weighted by molar-refractivity contribution is 6.16. The molecule has 1 N–H and O–H groups in total. The van der Waals surface area contributed by atoms with Gasteiger partial charge in [-0.2, -0.15) is 0 Å². The van der Waals surface area contributed by atoms with Crippen molar-refractivity contribution in [3.8, 4) is 11.5 Å². The van der Waals surface area contributed by atoms with Crippen LogP contribution in [0.3, 0.4) is 0 Å². The number of anilines is 1. The molecule has 138 valence electrons. The van der Waals surface area contributed by atoms with Crippen LogP contribution in [0.15, 0.2) is 54.1 Å². The molecule has 0 saturated carbocycles. The lowest BCUT2D eigenvalue weighted by molar-refractivity contribution is -0.119. The van der Waals surface area contributed by atoms with Crippen molar-refractivity contribution in [3.63, 3.8) is 0 Å². The number of fused-ring (bicyclic) bond motifs is 1. The van der Waals surface area contributed by atoms with Gasteiger partial charge in [0.2, 0.25) is 6.79 Å². The van der Waals surface area contributed by atoms with E-state index in [-0.39, 0.29) is 24.1 Å². The smallest absolute Gasteiger partial charge is 0.294 e. The highest BCUT2D eigenvalue weighted by Gasteiger charge is 2.45. The molecule has 0 fully saturated rings. The maximum absolute atomic E-state index is 12.9. The predicted octanol–water partition coefficient (Wildman–Crippen LogP) is 2.94. The maximum atomic E-state index is 12.9. The number of Topliss-reactive ketones (excluding diaryl/α,β-unsaturated/α-hetero) is 1.